The number of anilines is 1. The van der Waals surface area contributed by atoms with Crippen LogP contribution in [0.4, 0.5) is 5.69 Å². The van der Waals surface area contributed by atoms with Crippen LogP contribution in [0.15, 0.2) is 22.2 Å². The van der Waals surface area contributed by atoms with Crippen LogP contribution in [-0.4, -0.2) is 9.97 Å². The molecule has 0 unspecified atom stereocenters. The minimum atomic E-state index is -0.560. The fraction of sp³-hybridized carbons (Fsp3) is 0.143. The van der Waals surface area contributed by atoms with E-state index in [2.05, 4.69) is 11.6 Å². The lowest BCUT2D eigenvalue weighted by Crippen LogP contribution is -2.26. The molecule has 5 nitrogen and oxygen atoms in total. The topological polar surface area (TPSA) is 91.7 Å². The van der Waals surface area contributed by atoms with Crippen LogP contribution in [0, 0.1) is 0 Å². The maximum absolute atomic E-state index is 10.9. The van der Waals surface area contributed by atoms with Crippen molar-refractivity contribution in [3.63, 3.8) is 0 Å². The number of nitrogens with two attached hydrogens (primary N) is 1. The second-order valence-electron chi connectivity index (χ2n) is 2.29. The quantitative estimate of drug-likeness (QED) is 0.512. The minimum Gasteiger partial charge on any atom is -0.393 e. The molecule has 4 N–H and O–H groups in total. The number of nitrogens with one attached hydrogen (secondary N) is 2. The van der Waals surface area contributed by atoms with Crippen LogP contribution in [0.1, 0.15) is 5.69 Å². The molecule has 5 heteroatoms. The first-order chi connectivity index (χ1) is 5.65. The van der Waals surface area contributed by atoms with Crippen molar-refractivity contribution in [2.75, 3.05) is 5.73 Å². The van der Waals surface area contributed by atoms with Crippen LogP contribution in [-0.2, 0) is 6.42 Å². The van der Waals surface area contributed by atoms with E-state index in [9.17, 15) is 9.59 Å². The average molecular weight is 167 g/mol. The average Bonchev–Trinajstić information content (AvgIpc) is 2.00. The largest absolute Gasteiger partial charge is 0.393 e. The van der Waals surface area contributed by atoms with Crippen molar-refractivity contribution >= 4 is 5.69 Å². The molecule has 64 valence electrons. The van der Waals surface area contributed by atoms with Crippen LogP contribution in [0.2, 0.25) is 0 Å². The Morgan fingerprint density at radius 3 is 2.67 bits per heavy atom. The van der Waals surface area contributed by atoms with Gasteiger partial charge in [-0.1, -0.05) is 6.08 Å². The molecule has 0 radical (unpaired) electrons. The smallest absolute Gasteiger partial charge is 0.326 e. The number of hydrogen-bond donors (Lipinski definition) is 3. The Hall–Kier alpha value is -1.78. The molecule has 0 aromatic carbocycles. The predicted octanol–water partition coefficient (Wildman–Crippen LogP) is -0.626. The molecular weight excluding hydrogens is 158 g/mol. The highest BCUT2D eigenvalue weighted by Gasteiger charge is 2.02. The van der Waals surface area contributed by atoms with Crippen LogP contribution in [0.25, 0.3) is 0 Å². The van der Waals surface area contributed by atoms with Crippen molar-refractivity contribution in [3.05, 3.63) is 39.2 Å². The minimum absolute atomic E-state index is 0.0366. The first-order valence-corrected chi connectivity index (χ1v) is 3.37. The van der Waals surface area contributed by atoms with E-state index in [1.54, 1.807) is 6.08 Å². The lowest BCUT2D eigenvalue weighted by molar-refractivity contribution is 0.973. The highest BCUT2D eigenvalue weighted by Crippen LogP contribution is 1.98. The van der Waals surface area contributed by atoms with Gasteiger partial charge in [0.15, 0.2) is 0 Å². The number of aromatic amines is 2. The Labute approximate surface area is 67.9 Å². The van der Waals surface area contributed by atoms with Gasteiger partial charge in [-0.15, -0.1) is 6.58 Å². The van der Waals surface area contributed by atoms with Crippen LogP contribution in [0.5, 0.6) is 0 Å². The summed E-state index contributed by atoms with van der Waals surface area (Å²) < 4.78 is 0. The zero-order valence-electron chi connectivity index (χ0n) is 6.39. The third-order valence-corrected chi connectivity index (χ3v) is 1.41. The van der Waals surface area contributed by atoms with Gasteiger partial charge in [-0.05, 0) is 0 Å². The summed E-state index contributed by atoms with van der Waals surface area (Å²) >= 11 is 0. The van der Waals surface area contributed by atoms with Crippen LogP contribution < -0.4 is 17.0 Å². The van der Waals surface area contributed by atoms with Gasteiger partial charge in [-0.2, -0.15) is 0 Å². The molecule has 0 atom stereocenters. The highest BCUT2D eigenvalue weighted by molar-refractivity contribution is 5.40. The Morgan fingerprint density at radius 1 is 1.42 bits per heavy atom. The molecule has 0 aliphatic carbocycles. The highest BCUT2D eigenvalue weighted by atomic mass is 16.2. The molecule has 1 rings (SSSR count). The number of allylic oxidation sites excluding steroid dienone is 1. The Kier molecular flexibility index (Phi) is 2.14. The molecule has 0 bridgehead atoms. The summed E-state index contributed by atoms with van der Waals surface area (Å²) in [6, 6.07) is 0. The van der Waals surface area contributed by atoms with Gasteiger partial charge < -0.3 is 10.7 Å². The van der Waals surface area contributed by atoms with E-state index in [4.69, 9.17) is 5.73 Å². The lowest BCUT2D eigenvalue weighted by Gasteiger charge is -1.98. The maximum atomic E-state index is 10.9. The molecule has 0 saturated carbocycles. The third kappa shape index (κ3) is 1.45. The fourth-order valence-corrected chi connectivity index (χ4v) is 0.848. The molecule has 1 aromatic heterocycles. The van der Waals surface area contributed by atoms with Crippen LogP contribution >= 0.6 is 0 Å². The SMILES string of the molecule is C=CCc1[nH]c(=O)[nH]c(=O)c1N. The van der Waals surface area contributed by atoms with E-state index < -0.39 is 11.2 Å². The van der Waals surface area contributed by atoms with Crippen molar-refractivity contribution in [2.24, 2.45) is 0 Å². The molecule has 1 aromatic rings. The molecule has 0 spiro atoms. The monoisotopic (exact) mass is 167 g/mol. The number of aromatic nitrogens is 2. The van der Waals surface area contributed by atoms with Crippen molar-refractivity contribution in [3.8, 4) is 0 Å². The summed E-state index contributed by atoms with van der Waals surface area (Å²) in [4.78, 5) is 26.1. The summed E-state index contributed by atoms with van der Waals surface area (Å²) in [5.74, 6) is 0. The van der Waals surface area contributed by atoms with Gasteiger partial charge >= 0.3 is 5.69 Å². The van der Waals surface area contributed by atoms with E-state index in [1.807, 2.05) is 4.98 Å². The molecule has 0 saturated heterocycles. The third-order valence-electron chi connectivity index (χ3n) is 1.41. The van der Waals surface area contributed by atoms with E-state index >= 15 is 0 Å². The Bertz CT molecular complexity index is 402. The maximum Gasteiger partial charge on any atom is 0.326 e. The number of rotatable bonds is 2. The summed E-state index contributed by atoms with van der Waals surface area (Å²) in [6.45, 7) is 3.47. The fourth-order valence-electron chi connectivity index (χ4n) is 0.848. The van der Waals surface area contributed by atoms with E-state index in [0.717, 1.165) is 0 Å². The second-order valence-corrected chi connectivity index (χ2v) is 2.29. The Balaban J connectivity index is 3.37. The van der Waals surface area contributed by atoms with Gasteiger partial charge in [0, 0.05) is 6.42 Å². The summed E-state index contributed by atoms with van der Waals surface area (Å²) in [7, 11) is 0. The van der Waals surface area contributed by atoms with Gasteiger partial charge in [0.05, 0.1) is 5.69 Å². The van der Waals surface area contributed by atoms with Crippen molar-refractivity contribution in [2.45, 2.75) is 6.42 Å². The predicted molar refractivity (Wildman–Crippen MR) is 46.0 cm³/mol. The van der Waals surface area contributed by atoms with Crippen molar-refractivity contribution < 1.29 is 0 Å². The normalized spacial score (nSPS) is 9.67. The van der Waals surface area contributed by atoms with Gasteiger partial charge in [-0.3, -0.25) is 9.78 Å². The lowest BCUT2D eigenvalue weighted by atomic mass is 10.2. The number of nitrogen functional groups attached to an aromatic ring is 1. The summed E-state index contributed by atoms with van der Waals surface area (Å²) in [5.41, 5.74) is 4.70. The summed E-state index contributed by atoms with van der Waals surface area (Å²) in [5, 5.41) is 0. The van der Waals surface area contributed by atoms with Crippen LogP contribution in [0.3, 0.4) is 0 Å². The van der Waals surface area contributed by atoms with Crippen molar-refractivity contribution in [1.82, 2.24) is 9.97 Å². The molecule has 0 aliphatic heterocycles. The first kappa shape index (κ1) is 8.32. The first-order valence-electron chi connectivity index (χ1n) is 3.37. The van der Waals surface area contributed by atoms with Crippen molar-refractivity contribution in [1.29, 1.82) is 0 Å². The molecule has 0 aliphatic rings. The summed E-state index contributed by atoms with van der Waals surface area (Å²) in [6.07, 6.45) is 1.94. The second kappa shape index (κ2) is 3.08. The molecule has 0 fully saturated rings. The zero-order chi connectivity index (χ0) is 9.14. The number of H-pyrrole nitrogens is 2. The zero-order valence-corrected chi connectivity index (χ0v) is 6.39. The van der Waals surface area contributed by atoms with E-state index in [0.29, 0.717) is 12.1 Å². The van der Waals surface area contributed by atoms with Gasteiger partial charge in [0.1, 0.15) is 5.69 Å². The van der Waals surface area contributed by atoms with Gasteiger partial charge in [-0.25, -0.2) is 4.79 Å². The number of hydrogen-bond acceptors (Lipinski definition) is 3. The molecule has 1 heterocycles. The van der Waals surface area contributed by atoms with Gasteiger partial charge in [0.2, 0.25) is 0 Å². The molecule has 0 amide bonds. The Morgan fingerprint density at radius 2 is 2.08 bits per heavy atom. The standard InChI is InChI=1S/C7H9N3O2/c1-2-3-4-5(8)6(11)10-7(12)9-4/h2H,1,3,8H2,(H2,9,10,11,12). The van der Waals surface area contributed by atoms with E-state index in [-0.39, 0.29) is 5.69 Å². The molecular formula is C7H9N3O2. The molecule has 12 heavy (non-hydrogen) atoms. The van der Waals surface area contributed by atoms with Gasteiger partial charge in [0.25, 0.3) is 5.56 Å². The van der Waals surface area contributed by atoms with E-state index in [1.165, 1.54) is 0 Å².